The normalized spacial score (nSPS) is 24.8. The Morgan fingerprint density at radius 1 is 1.08 bits per heavy atom. The summed E-state index contributed by atoms with van der Waals surface area (Å²) in [7, 11) is 0. The third-order valence-corrected chi connectivity index (χ3v) is 1.40. The molecule has 0 aromatic heterocycles. The third-order valence-electron chi connectivity index (χ3n) is 1.40. The molecule has 0 radical (unpaired) electrons. The molecule has 0 aliphatic rings. The van der Waals surface area contributed by atoms with E-state index in [4.69, 9.17) is 11.0 Å². The van der Waals surface area contributed by atoms with E-state index in [-0.39, 0.29) is 11.1 Å². The third kappa shape index (κ3) is 2.69. The predicted molar refractivity (Wildman–Crippen MR) is 54.4 cm³/mol. The molecule has 0 heteroatoms. The molecule has 0 unspecified atom stereocenters. The average molecular weight is 170 g/mol. The van der Waals surface area contributed by atoms with E-state index < -0.39 is 25.5 Å². The topological polar surface area (TPSA) is 0 Å². The van der Waals surface area contributed by atoms with E-state index in [2.05, 4.69) is 0 Å². The molecule has 1 rings (SSSR count). The fourth-order valence-electron chi connectivity index (χ4n) is 0.963. The minimum Gasteiger partial charge on any atom is -0.0651 e. The van der Waals surface area contributed by atoms with Gasteiger partial charge in [-0.2, -0.15) is 0 Å². The number of aryl methyl sites for hydroxylation is 2. The average Bonchev–Trinajstić information content (AvgIpc) is 2.26. The van der Waals surface area contributed by atoms with E-state index in [1.165, 1.54) is 24.3 Å². The fourth-order valence-corrected chi connectivity index (χ4v) is 0.963. The first-order valence-electron chi connectivity index (χ1n) is 7.82. The van der Waals surface area contributed by atoms with Crippen molar-refractivity contribution in [2.75, 3.05) is 0 Å². The summed E-state index contributed by atoms with van der Waals surface area (Å²) < 4.78 is 61.6. The van der Waals surface area contributed by atoms with Gasteiger partial charge < -0.3 is 0 Å². The van der Waals surface area contributed by atoms with Gasteiger partial charge in [0.05, 0.1) is 0 Å². The lowest BCUT2D eigenvalue weighted by Crippen LogP contribution is -1.87. The second-order valence-corrected chi connectivity index (χ2v) is 2.33. The summed E-state index contributed by atoms with van der Waals surface area (Å²) in [6, 6.07) is 5.37. The molecule has 0 nitrogen and oxygen atoms in total. The predicted octanol–water partition coefficient (Wildman–Crippen LogP) is 3.59. The van der Waals surface area contributed by atoms with Crippen LogP contribution in [0.1, 0.15) is 48.7 Å². The van der Waals surface area contributed by atoms with Crippen molar-refractivity contribution in [3.05, 3.63) is 35.4 Å². The molecular formula is C12H18. The Bertz CT molecular complexity index is 440. The molecule has 0 bridgehead atoms. The van der Waals surface area contributed by atoms with Crippen LogP contribution in [-0.4, -0.2) is 0 Å². The van der Waals surface area contributed by atoms with E-state index in [1.807, 2.05) is 0 Å². The van der Waals surface area contributed by atoms with E-state index in [0.29, 0.717) is 0 Å². The van der Waals surface area contributed by atoms with Crippen molar-refractivity contribution in [2.45, 2.75) is 39.3 Å². The van der Waals surface area contributed by atoms with Gasteiger partial charge >= 0.3 is 0 Å². The van der Waals surface area contributed by atoms with Crippen LogP contribution in [0.2, 0.25) is 0 Å². The van der Waals surface area contributed by atoms with Gasteiger partial charge in [-0.15, -0.1) is 0 Å². The zero-order chi connectivity index (χ0) is 16.0. The first-order valence-corrected chi connectivity index (χ1v) is 3.82. The van der Waals surface area contributed by atoms with Crippen molar-refractivity contribution < 1.29 is 11.0 Å². The molecule has 0 aliphatic heterocycles. The molecule has 0 atom stereocenters. The van der Waals surface area contributed by atoms with Crippen LogP contribution in [-0.2, 0) is 12.7 Å². The minimum atomic E-state index is -2.29. The second kappa shape index (κ2) is 4.97. The Morgan fingerprint density at radius 2 is 1.58 bits per heavy atom. The zero-order valence-corrected chi connectivity index (χ0v) is 7.31. The Morgan fingerprint density at radius 3 is 2.00 bits per heavy atom. The second-order valence-electron chi connectivity index (χ2n) is 2.33. The molecule has 0 heterocycles. The summed E-state index contributed by atoms with van der Waals surface area (Å²) in [6.07, 6.45) is -8.85. The van der Waals surface area contributed by atoms with Gasteiger partial charge in [0.1, 0.15) is 0 Å². The Hall–Kier alpha value is -0.780. The van der Waals surface area contributed by atoms with Crippen LogP contribution in [0.4, 0.5) is 0 Å². The highest BCUT2D eigenvalue weighted by atomic mass is 14.0. The molecule has 0 amide bonds. The van der Waals surface area contributed by atoms with Crippen LogP contribution in [0.3, 0.4) is 0 Å². The van der Waals surface area contributed by atoms with Crippen molar-refractivity contribution in [1.82, 2.24) is 0 Å². The van der Waals surface area contributed by atoms with Crippen LogP contribution < -0.4 is 0 Å². The SMILES string of the molecule is [2H]C([2H])(C)C([2H])([2H])c1cccc(C([2H])([2H])C([2H])([2H])C)c1. The molecule has 0 fully saturated rings. The molecule has 0 saturated carbocycles. The summed E-state index contributed by atoms with van der Waals surface area (Å²) >= 11 is 0. The Kier molecular flexibility index (Phi) is 1.31. The molecule has 0 spiro atoms. The summed E-state index contributed by atoms with van der Waals surface area (Å²) in [4.78, 5) is 0. The molecule has 0 saturated heterocycles. The zero-order valence-electron chi connectivity index (χ0n) is 15.3. The quantitative estimate of drug-likeness (QED) is 0.648. The van der Waals surface area contributed by atoms with E-state index in [0.717, 1.165) is 13.8 Å². The molecule has 12 heavy (non-hydrogen) atoms. The molecule has 0 aliphatic carbocycles. The largest absolute Gasteiger partial charge is 0.0651 e. The number of benzene rings is 1. The van der Waals surface area contributed by atoms with Gasteiger partial charge in [0.25, 0.3) is 0 Å². The van der Waals surface area contributed by atoms with Crippen molar-refractivity contribution in [1.29, 1.82) is 0 Å². The van der Waals surface area contributed by atoms with Crippen LogP contribution in [0.15, 0.2) is 24.3 Å². The maximum Gasteiger partial charge on any atom is 0.0316 e. The summed E-state index contributed by atoms with van der Waals surface area (Å²) in [5, 5.41) is 0. The highest BCUT2D eigenvalue weighted by Gasteiger charge is 1.93. The number of rotatable bonds is 4. The number of hydrogen-bond donors (Lipinski definition) is 0. The molecular weight excluding hydrogens is 144 g/mol. The van der Waals surface area contributed by atoms with Gasteiger partial charge in [-0.3, -0.25) is 0 Å². The standard InChI is InChI=1S/C12H18/c1-3-6-11-8-5-9-12(10-11)7-4-2/h5,8-10H,3-4,6-7H2,1-2H3/i3D2,4D2,6D2,7D2. The van der Waals surface area contributed by atoms with Gasteiger partial charge in [0, 0.05) is 11.0 Å². The van der Waals surface area contributed by atoms with E-state index in [9.17, 15) is 0 Å². The van der Waals surface area contributed by atoms with Gasteiger partial charge in [0.15, 0.2) is 0 Å². The van der Waals surface area contributed by atoms with Gasteiger partial charge in [-0.25, -0.2) is 0 Å². The Labute approximate surface area is 86.9 Å². The van der Waals surface area contributed by atoms with Crippen LogP contribution in [0.5, 0.6) is 0 Å². The smallest absolute Gasteiger partial charge is 0.0316 e. The van der Waals surface area contributed by atoms with E-state index in [1.54, 1.807) is 0 Å². The fraction of sp³-hybridized carbons (Fsp3) is 0.500. The van der Waals surface area contributed by atoms with Gasteiger partial charge in [-0.05, 0) is 23.9 Å². The molecule has 0 N–H and O–H groups in total. The monoisotopic (exact) mass is 170 g/mol. The van der Waals surface area contributed by atoms with Gasteiger partial charge in [-0.1, -0.05) is 50.9 Å². The summed E-state index contributed by atoms with van der Waals surface area (Å²) in [6.45, 7) is 2.24. The van der Waals surface area contributed by atoms with Crippen molar-refractivity contribution >= 4 is 0 Å². The maximum atomic E-state index is 7.85. The highest BCUT2D eigenvalue weighted by Crippen LogP contribution is 2.08. The highest BCUT2D eigenvalue weighted by molar-refractivity contribution is 5.23. The van der Waals surface area contributed by atoms with E-state index >= 15 is 0 Å². The molecule has 1 aromatic carbocycles. The maximum absolute atomic E-state index is 7.85. The summed E-state index contributed by atoms with van der Waals surface area (Å²) in [5.74, 6) is 0. The lowest BCUT2D eigenvalue weighted by Gasteiger charge is -2.02. The van der Waals surface area contributed by atoms with Crippen LogP contribution >= 0.6 is 0 Å². The van der Waals surface area contributed by atoms with Crippen molar-refractivity contribution in [3.8, 4) is 0 Å². The first-order chi connectivity index (χ1) is 8.71. The van der Waals surface area contributed by atoms with Crippen LogP contribution in [0, 0.1) is 0 Å². The minimum absolute atomic E-state index is 0.00405. The summed E-state index contributed by atoms with van der Waals surface area (Å²) in [5.41, 5.74) is -0.00810. The van der Waals surface area contributed by atoms with Crippen LogP contribution in [0.25, 0.3) is 0 Å². The first kappa shape index (κ1) is 3.17. The van der Waals surface area contributed by atoms with Crippen molar-refractivity contribution in [3.63, 3.8) is 0 Å². The van der Waals surface area contributed by atoms with Gasteiger partial charge in [0.2, 0.25) is 0 Å². The molecule has 66 valence electrons. The lowest BCUT2D eigenvalue weighted by atomic mass is 10.0. The van der Waals surface area contributed by atoms with Crippen molar-refractivity contribution in [2.24, 2.45) is 0 Å². The molecule has 1 aromatic rings. The Balaban J connectivity index is 3.36. The number of hydrogen-bond acceptors (Lipinski definition) is 0. The lowest BCUT2D eigenvalue weighted by molar-refractivity contribution is 0.895.